The van der Waals surface area contributed by atoms with Gasteiger partial charge < -0.3 is 38.9 Å². The van der Waals surface area contributed by atoms with Crippen LogP contribution in [0, 0.1) is 22.7 Å². The Bertz CT molecular complexity index is 975. The molecule has 0 saturated carbocycles. The summed E-state index contributed by atoms with van der Waals surface area (Å²) < 4.78 is 15.1. The summed E-state index contributed by atoms with van der Waals surface area (Å²) in [5, 5.41) is 24.3. The van der Waals surface area contributed by atoms with E-state index < -0.39 is 71.3 Å². The third-order valence-electron chi connectivity index (χ3n) is 7.22. The van der Waals surface area contributed by atoms with Gasteiger partial charge in [-0.3, -0.25) is 24.0 Å². The first-order chi connectivity index (χ1) is 18.6. The predicted octanol–water partition coefficient (Wildman–Crippen LogP) is -0.828. The van der Waals surface area contributed by atoms with Crippen molar-refractivity contribution in [2.45, 2.75) is 73.1 Å². The van der Waals surface area contributed by atoms with E-state index in [0.29, 0.717) is 13.0 Å². The lowest BCUT2D eigenvalue weighted by Crippen LogP contribution is -2.54. The molecule has 0 spiro atoms. The van der Waals surface area contributed by atoms with Gasteiger partial charge in [-0.25, -0.2) is 0 Å². The molecule has 1 aliphatic heterocycles. The van der Waals surface area contributed by atoms with Crippen molar-refractivity contribution in [3.05, 3.63) is 0 Å². The summed E-state index contributed by atoms with van der Waals surface area (Å²) in [6, 6.07) is 0. The lowest BCUT2D eigenvalue weighted by Gasteiger charge is -2.41. The van der Waals surface area contributed by atoms with Gasteiger partial charge >= 0.3 is 17.9 Å². The molecule has 0 aliphatic carbocycles. The first-order valence-corrected chi connectivity index (χ1v) is 13.3. The van der Waals surface area contributed by atoms with Crippen LogP contribution in [0.1, 0.15) is 73.1 Å². The van der Waals surface area contributed by atoms with Crippen molar-refractivity contribution in [2.24, 2.45) is 22.7 Å². The zero-order valence-electron chi connectivity index (χ0n) is 23.8. The van der Waals surface area contributed by atoms with Crippen molar-refractivity contribution in [1.29, 1.82) is 0 Å². The van der Waals surface area contributed by atoms with E-state index >= 15 is 0 Å². The number of carbonyl (C=O) groups is 7. The second kappa shape index (κ2) is 15.3. The minimum atomic E-state index is -1.87. The number of hydrogen-bond donors (Lipinski definition) is 0. The van der Waals surface area contributed by atoms with E-state index in [0.717, 1.165) is 6.42 Å². The molecule has 13 heteroatoms. The molecule has 0 bridgehead atoms. The average Bonchev–Trinajstić information content (AvgIpc) is 3.27. The number of aliphatic carboxylic acids is 2. The van der Waals surface area contributed by atoms with Crippen molar-refractivity contribution in [3.63, 3.8) is 0 Å². The lowest BCUT2D eigenvalue weighted by molar-refractivity contribution is -0.331. The van der Waals surface area contributed by atoms with Gasteiger partial charge in [-0.1, -0.05) is 6.92 Å². The molecule has 3 atom stereocenters. The van der Waals surface area contributed by atoms with E-state index in [1.165, 1.54) is 34.6 Å². The number of ether oxygens (including phenoxy) is 3. The molecule has 1 saturated heterocycles. The number of nitrogens with zero attached hydrogens (tertiary/aromatic N) is 1. The molecule has 1 heterocycles. The quantitative estimate of drug-likeness (QED) is 0.0861. The van der Waals surface area contributed by atoms with Gasteiger partial charge in [-0.05, 0) is 53.4 Å². The topological polar surface area (TPSA) is 197 Å². The molecule has 3 unspecified atom stereocenters. The summed E-state index contributed by atoms with van der Waals surface area (Å²) in [4.78, 5) is 85.6. The summed E-state index contributed by atoms with van der Waals surface area (Å²) >= 11 is 0. The highest BCUT2D eigenvalue weighted by Gasteiger charge is 2.47. The fraction of sp³-hybridized carbons (Fsp3) is 0.741. The maximum atomic E-state index is 12.9. The van der Waals surface area contributed by atoms with Gasteiger partial charge in [0.25, 0.3) is 0 Å². The molecule has 0 N–H and O–H groups in total. The normalized spacial score (nSPS) is 16.4. The Labute approximate surface area is 233 Å². The van der Waals surface area contributed by atoms with Gasteiger partial charge in [-0.2, -0.15) is 0 Å². The molecular formula is C27H39NO12-2. The summed E-state index contributed by atoms with van der Waals surface area (Å²) in [7, 11) is 0. The maximum Gasteiger partial charge on any atom is 0.313 e. The monoisotopic (exact) mass is 569 g/mol. The van der Waals surface area contributed by atoms with E-state index in [1.54, 1.807) is 4.90 Å². The Hall–Kier alpha value is -3.51. The Morgan fingerprint density at radius 3 is 2.02 bits per heavy atom. The van der Waals surface area contributed by atoms with Crippen LogP contribution in [0.2, 0.25) is 0 Å². The van der Waals surface area contributed by atoms with Crippen molar-refractivity contribution < 1.29 is 58.0 Å². The molecule has 40 heavy (non-hydrogen) atoms. The number of likely N-dealkylation sites (tertiary alicyclic amines) is 1. The van der Waals surface area contributed by atoms with E-state index in [-0.39, 0.29) is 44.9 Å². The Kier molecular flexibility index (Phi) is 13.2. The van der Waals surface area contributed by atoms with Gasteiger partial charge in [0.15, 0.2) is 0 Å². The number of carboxylic acid groups (broad SMARTS) is 2. The Balaban J connectivity index is 2.87. The Morgan fingerprint density at radius 1 is 0.925 bits per heavy atom. The molecule has 13 nitrogen and oxygen atoms in total. The molecular weight excluding hydrogens is 530 g/mol. The van der Waals surface area contributed by atoms with E-state index in [4.69, 9.17) is 14.2 Å². The van der Waals surface area contributed by atoms with E-state index in [9.17, 15) is 43.8 Å². The molecule has 1 rings (SSSR count). The molecule has 1 amide bonds. The number of ketones is 1. The van der Waals surface area contributed by atoms with Gasteiger partial charge in [-0.15, -0.1) is 0 Å². The second-order valence-electron chi connectivity index (χ2n) is 10.8. The molecule has 226 valence electrons. The molecule has 0 aromatic rings. The minimum Gasteiger partial charge on any atom is -0.550 e. The van der Waals surface area contributed by atoms with Gasteiger partial charge in [0.1, 0.15) is 32.0 Å². The number of carbonyl (C=O) groups excluding carboxylic acids is 7. The van der Waals surface area contributed by atoms with Crippen molar-refractivity contribution >= 4 is 41.5 Å². The summed E-state index contributed by atoms with van der Waals surface area (Å²) in [6.07, 6.45) is 0.128. The molecule has 0 aromatic carbocycles. The van der Waals surface area contributed by atoms with Crippen LogP contribution in [0.15, 0.2) is 0 Å². The summed E-state index contributed by atoms with van der Waals surface area (Å²) in [5.74, 6) is -10.1. The molecule has 1 fully saturated rings. The van der Waals surface area contributed by atoms with E-state index in [2.05, 4.69) is 0 Å². The van der Waals surface area contributed by atoms with Crippen LogP contribution in [-0.2, 0) is 47.8 Å². The highest BCUT2D eigenvalue weighted by atomic mass is 16.6. The van der Waals surface area contributed by atoms with Gasteiger partial charge in [0.2, 0.25) is 5.91 Å². The molecule has 0 radical (unpaired) electrons. The predicted molar refractivity (Wildman–Crippen MR) is 132 cm³/mol. The first-order valence-electron chi connectivity index (χ1n) is 13.3. The summed E-state index contributed by atoms with van der Waals surface area (Å²) in [6.45, 7) is 6.87. The zero-order valence-corrected chi connectivity index (χ0v) is 23.8. The second-order valence-corrected chi connectivity index (χ2v) is 10.8. The number of carboxylic acids is 2. The fourth-order valence-corrected chi connectivity index (χ4v) is 4.49. The number of amides is 1. The van der Waals surface area contributed by atoms with Crippen molar-refractivity contribution in [3.8, 4) is 0 Å². The van der Waals surface area contributed by atoms with Crippen LogP contribution in [0.4, 0.5) is 0 Å². The van der Waals surface area contributed by atoms with Crippen LogP contribution in [0.25, 0.3) is 0 Å². The van der Waals surface area contributed by atoms with Crippen LogP contribution in [0.3, 0.4) is 0 Å². The largest absolute Gasteiger partial charge is 0.550 e. The van der Waals surface area contributed by atoms with Crippen molar-refractivity contribution in [2.75, 3.05) is 32.9 Å². The zero-order chi connectivity index (χ0) is 30.7. The van der Waals surface area contributed by atoms with Crippen LogP contribution in [0.5, 0.6) is 0 Å². The van der Waals surface area contributed by atoms with Crippen LogP contribution >= 0.6 is 0 Å². The molecule has 0 aromatic heterocycles. The summed E-state index contributed by atoms with van der Waals surface area (Å²) in [5.41, 5.74) is -3.08. The minimum absolute atomic E-state index is 0.0214. The SMILES string of the molecule is CCC(C)(C(=O)OCCOC(=O)CC(C)=O)C(C(=O)[O-])C(CCC(C)(C)C(=O)OCCN1CCCC1=O)C(=O)[O-]. The third kappa shape index (κ3) is 9.91. The van der Waals surface area contributed by atoms with Gasteiger partial charge in [0.05, 0.1) is 17.4 Å². The van der Waals surface area contributed by atoms with Crippen LogP contribution in [-0.4, -0.2) is 79.3 Å². The average molecular weight is 570 g/mol. The van der Waals surface area contributed by atoms with Crippen LogP contribution < -0.4 is 10.2 Å². The fourth-order valence-electron chi connectivity index (χ4n) is 4.49. The highest BCUT2D eigenvalue weighted by Crippen LogP contribution is 2.40. The van der Waals surface area contributed by atoms with Gasteiger partial charge in [0, 0.05) is 36.7 Å². The number of hydrogen-bond acceptors (Lipinski definition) is 12. The third-order valence-corrected chi connectivity index (χ3v) is 7.22. The van der Waals surface area contributed by atoms with Crippen molar-refractivity contribution in [1.82, 2.24) is 4.90 Å². The smallest absolute Gasteiger partial charge is 0.313 e. The number of esters is 3. The number of rotatable bonds is 18. The Morgan fingerprint density at radius 2 is 1.52 bits per heavy atom. The lowest BCUT2D eigenvalue weighted by atomic mass is 9.66. The standard InChI is InChI=1S/C27H41NO12/c1-6-27(5,25(37)40-15-14-38-20(31)16-17(2)29)21(23(34)35)18(22(32)33)9-10-26(3,4)24(36)39-13-12-28-11-7-8-19(28)30/h18,21H,6-16H2,1-5H3,(H,32,33)(H,34,35)/p-2. The molecule has 1 aliphatic rings. The first kappa shape index (κ1) is 34.5. The van der Waals surface area contributed by atoms with E-state index in [1.807, 2.05) is 0 Å². The number of Topliss-reactive ketones (excluding diaryl/α,β-unsaturated/α-hetero) is 1. The highest BCUT2D eigenvalue weighted by molar-refractivity contribution is 5.94. The maximum absolute atomic E-state index is 12.9.